The molecule has 6 rings (SSSR count). The van der Waals surface area contributed by atoms with Crippen molar-refractivity contribution in [2.45, 2.75) is 143 Å². The van der Waals surface area contributed by atoms with E-state index in [0.717, 1.165) is 23.7 Å². The molecule has 236 valence electrons. The van der Waals surface area contributed by atoms with Gasteiger partial charge in [0.15, 0.2) is 0 Å². The summed E-state index contributed by atoms with van der Waals surface area (Å²) in [6, 6.07) is 0. The first-order valence-corrected chi connectivity index (χ1v) is 15.1. The summed E-state index contributed by atoms with van der Waals surface area (Å²) < 4.78 is 0. The van der Waals surface area contributed by atoms with Gasteiger partial charge in [-0.3, -0.25) is 0 Å². The van der Waals surface area contributed by atoms with Gasteiger partial charge < -0.3 is 10.2 Å². The largest absolute Gasteiger partial charge is 0.393 e. The molecule has 6 saturated carbocycles. The van der Waals surface area contributed by atoms with Crippen molar-refractivity contribution >= 4 is 0 Å². The van der Waals surface area contributed by atoms with E-state index in [1.165, 1.54) is 103 Å². The zero-order valence-electron chi connectivity index (χ0n) is 24.1. The molecule has 0 spiro atoms. The summed E-state index contributed by atoms with van der Waals surface area (Å²) in [5.41, 5.74) is 0. The molecule has 6 fully saturated rings. The molecule has 0 aromatic heterocycles. The summed E-state index contributed by atoms with van der Waals surface area (Å²) in [4.78, 5) is 0. The van der Waals surface area contributed by atoms with Crippen molar-refractivity contribution in [1.29, 1.82) is 0 Å². The van der Waals surface area contributed by atoms with Crippen LogP contribution in [0.2, 0.25) is 0 Å². The number of fused-ring (bicyclic) bond motifs is 6. The normalized spacial score (nSPS) is 39.0. The number of aliphatic hydroxyl groups is 2. The minimum atomic E-state index is 0. The molecule has 6 aliphatic rings. The smallest absolute Gasteiger partial charge is 0.0602 e. The van der Waals surface area contributed by atoms with Crippen molar-refractivity contribution in [3.8, 4) is 0 Å². The monoisotopic (exact) mass is 688 g/mol. The Balaban J connectivity index is -0.000000236. The maximum Gasteiger partial charge on any atom is 0.0602 e. The zero-order valence-corrected chi connectivity index (χ0v) is 28.3. The zero-order chi connectivity index (χ0) is 23.1. The Morgan fingerprint density at radius 2 is 0.421 bits per heavy atom. The average Bonchev–Trinajstić information content (AvgIpc) is 3.35. The fraction of sp³-hybridized carbons (Fsp3) is 1.00. The minimum absolute atomic E-state index is 0. The molecule has 0 aromatic rings. The number of hydrogen-bond donors (Lipinski definition) is 2. The molecular weight excluding hydrogens is 632 g/mol. The molecule has 0 saturated heterocycles. The predicted octanol–water partition coefficient (Wildman–Crippen LogP) is 8.00. The van der Waals surface area contributed by atoms with Crippen molar-refractivity contribution in [3.63, 3.8) is 0 Å². The summed E-state index contributed by atoms with van der Waals surface area (Å²) >= 11 is 0. The van der Waals surface area contributed by atoms with Crippen LogP contribution in [0.15, 0.2) is 0 Å². The fourth-order valence-corrected chi connectivity index (χ4v) is 9.21. The molecule has 2 nitrogen and oxygen atoms in total. The van der Waals surface area contributed by atoms with Gasteiger partial charge >= 0.3 is 0 Å². The van der Waals surface area contributed by atoms with Crippen LogP contribution in [-0.2, 0) is 0 Å². The number of aliphatic hydroxyl groups excluding tert-OH is 2. The molecule has 8 heteroatoms. The third-order valence-electron chi connectivity index (χ3n) is 10.4. The summed E-state index contributed by atoms with van der Waals surface area (Å²) in [5.74, 6) is 6.39. The fourth-order valence-electron chi connectivity index (χ4n) is 9.21. The number of hydrogen-bond acceptors (Lipinski definition) is 2. The van der Waals surface area contributed by atoms with Crippen LogP contribution in [-0.4, -0.2) is 22.4 Å². The molecule has 0 bridgehead atoms. The van der Waals surface area contributed by atoms with Crippen LogP contribution < -0.4 is 0 Å². The molecule has 8 atom stereocenters. The third-order valence-corrected chi connectivity index (χ3v) is 10.4. The third kappa shape index (κ3) is 13.8. The van der Waals surface area contributed by atoms with Crippen LogP contribution in [0.1, 0.15) is 130 Å². The minimum Gasteiger partial charge on any atom is -0.393 e. The molecule has 0 aliphatic heterocycles. The van der Waals surface area contributed by atoms with E-state index < -0.39 is 0 Å². The van der Waals surface area contributed by atoms with Gasteiger partial charge in [0, 0.05) is 226 Å². The van der Waals surface area contributed by atoms with E-state index >= 15 is 0 Å². The van der Waals surface area contributed by atoms with E-state index in [2.05, 4.69) is 0 Å². The SMILES string of the molecule is CC.CC.OC1C2CCCCC2C2CCCCC12.OC1C2CCCCC2C2CCCCC12.[Ar].[Ar].[Ar].[Ar].[Ar].[Ar]. The Hall–Kier alpha value is 7.48. The maximum atomic E-state index is 10.3. The summed E-state index contributed by atoms with van der Waals surface area (Å²) in [6.45, 7) is 8.00. The predicted molar refractivity (Wildman–Crippen MR) is 137 cm³/mol. The van der Waals surface area contributed by atoms with Crippen molar-refractivity contribution in [2.24, 2.45) is 47.3 Å². The van der Waals surface area contributed by atoms with Gasteiger partial charge in [-0.15, -0.1) is 0 Å². The molecular formula is C30H56Ar6O2. The van der Waals surface area contributed by atoms with Gasteiger partial charge in [-0.2, -0.15) is 0 Å². The number of rotatable bonds is 0. The van der Waals surface area contributed by atoms with Crippen LogP contribution in [0, 0.1) is 274 Å². The molecule has 0 aromatic carbocycles. The Labute approximate surface area is 417 Å². The van der Waals surface area contributed by atoms with Crippen molar-refractivity contribution in [1.82, 2.24) is 0 Å². The molecule has 38 heavy (non-hydrogen) atoms. The first-order chi connectivity index (χ1) is 15.8. The molecule has 0 amide bonds. The standard InChI is InChI=1S/2C13H22O.2C2H6.6Ar/c2*14-13-11-7-3-1-5-9(11)10-6-2-4-8-12(10)13;2*1-2;;;;;;/h2*9-14H,1-8H2;2*1-2H3;;;;;;. The van der Waals surface area contributed by atoms with Gasteiger partial charge in [-0.25, -0.2) is 0 Å². The van der Waals surface area contributed by atoms with Crippen molar-refractivity contribution in [2.75, 3.05) is 0 Å². The Bertz CT molecular complexity index is 453. The molecule has 0 heterocycles. The van der Waals surface area contributed by atoms with E-state index in [4.69, 9.17) is 0 Å². The first kappa shape index (κ1) is 52.3. The van der Waals surface area contributed by atoms with Crippen molar-refractivity contribution < 1.29 is 237 Å². The summed E-state index contributed by atoms with van der Waals surface area (Å²) in [6.07, 6.45) is 22.3. The van der Waals surface area contributed by atoms with Crippen LogP contribution in [0.25, 0.3) is 0 Å². The second-order valence-corrected chi connectivity index (χ2v) is 11.4. The van der Waals surface area contributed by atoms with E-state index in [1.54, 1.807) is 0 Å². The summed E-state index contributed by atoms with van der Waals surface area (Å²) in [5, 5.41) is 20.6. The maximum absolute atomic E-state index is 10.3. The topological polar surface area (TPSA) is 40.5 Å². The van der Waals surface area contributed by atoms with Gasteiger partial charge in [-0.05, 0) is 98.7 Å². The van der Waals surface area contributed by atoms with E-state index in [0.29, 0.717) is 23.7 Å². The molecule has 6 aliphatic carbocycles. The molecule has 0 radical (unpaired) electrons. The van der Waals surface area contributed by atoms with Gasteiger partial charge in [0.2, 0.25) is 0 Å². The molecule has 8 unspecified atom stereocenters. The Morgan fingerprint density at radius 3 is 0.579 bits per heavy atom. The van der Waals surface area contributed by atoms with Crippen LogP contribution in [0.5, 0.6) is 0 Å². The van der Waals surface area contributed by atoms with Gasteiger partial charge in [0.05, 0.1) is 12.2 Å². The van der Waals surface area contributed by atoms with Gasteiger partial charge in [0.25, 0.3) is 0 Å². The van der Waals surface area contributed by atoms with Crippen molar-refractivity contribution in [3.05, 3.63) is 0 Å². The van der Waals surface area contributed by atoms with Crippen LogP contribution in [0.4, 0.5) is 0 Å². The average molecular weight is 688 g/mol. The van der Waals surface area contributed by atoms with E-state index in [9.17, 15) is 10.2 Å². The second-order valence-electron chi connectivity index (χ2n) is 11.4. The van der Waals surface area contributed by atoms with E-state index in [1.807, 2.05) is 27.7 Å². The van der Waals surface area contributed by atoms with E-state index in [-0.39, 0.29) is 239 Å². The van der Waals surface area contributed by atoms with Crippen LogP contribution in [0.3, 0.4) is 0 Å². The van der Waals surface area contributed by atoms with Gasteiger partial charge in [0.1, 0.15) is 0 Å². The Kier molecular flexibility index (Phi) is 40.5. The Morgan fingerprint density at radius 1 is 0.289 bits per heavy atom. The van der Waals surface area contributed by atoms with Crippen LogP contribution >= 0.6 is 0 Å². The summed E-state index contributed by atoms with van der Waals surface area (Å²) in [7, 11) is 0. The second kappa shape index (κ2) is 29.4. The first-order valence-electron chi connectivity index (χ1n) is 15.1. The van der Waals surface area contributed by atoms with Gasteiger partial charge in [-0.1, -0.05) is 79.1 Å². The quantitative estimate of drug-likeness (QED) is 0.271. The molecule has 2 N–H and O–H groups in total.